The maximum absolute atomic E-state index is 13.3. The second-order valence-corrected chi connectivity index (χ2v) is 8.97. The molecule has 0 spiro atoms. The predicted octanol–water partition coefficient (Wildman–Crippen LogP) is 2.66. The van der Waals surface area contributed by atoms with Crippen LogP contribution < -0.4 is 10.9 Å². The highest BCUT2D eigenvalue weighted by molar-refractivity contribution is 7.99. The van der Waals surface area contributed by atoms with Crippen molar-refractivity contribution < 1.29 is 14.7 Å². The van der Waals surface area contributed by atoms with Crippen LogP contribution in [-0.2, 0) is 9.59 Å². The average molecular weight is 466 g/mol. The topological polar surface area (TPSA) is 119 Å². The fourth-order valence-electron chi connectivity index (χ4n) is 3.56. The van der Waals surface area contributed by atoms with Crippen molar-refractivity contribution in [3.8, 4) is 5.69 Å². The Kier molecular flexibility index (Phi) is 6.19. The molecule has 4 rings (SSSR count). The number of carbonyl (C=O) groups is 2. The first-order valence-corrected chi connectivity index (χ1v) is 11.4. The number of aliphatic carboxylic acids is 1. The summed E-state index contributed by atoms with van der Waals surface area (Å²) in [6.45, 7) is 5.43. The maximum Gasteiger partial charge on any atom is 0.326 e. The SMILES string of the molecule is Cc1ccc(-n2c(=O)c3ccccc3n3c(SCC(=O)NC(C(=O)O)C(C)C)nnc23)cc1. The Morgan fingerprint density at radius 3 is 2.45 bits per heavy atom. The van der Waals surface area contributed by atoms with Crippen molar-refractivity contribution in [1.82, 2.24) is 24.5 Å². The minimum absolute atomic E-state index is 0.0464. The van der Waals surface area contributed by atoms with Gasteiger partial charge in [-0.3, -0.25) is 14.0 Å². The Morgan fingerprint density at radius 1 is 1.09 bits per heavy atom. The summed E-state index contributed by atoms with van der Waals surface area (Å²) in [6, 6.07) is 13.7. The van der Waals surface area contributed by atoms with Crippen LogP contribution in [0.5, 0.6) is 0 Å². The van der Waals surface area contributed by atoms with Crippen molar-refractivity contribution in [2.24, 2.45) is 5.92 Å². The van der Waals surface area contributed by atoms with E-state index >= 15 is 0 Å². The van der Waals surface area contributed by atoms with Gasteiger partial charge >= 0.3 is 5.97 Å². The molecule has 1 unspecified atom stereocenters. The predicted molar refractivity (Wildman–Crippen MR) is 126 cm³/mol. The van der Waals surface area contributed by atoms with Crippen LogP contribution in [0.4, 0.5) is 0 Å². The summed E-state index contributed by atoms with van der Waals surface area (Å²) in [7, 11) is 0. The van der Waals surface area contributed by atoms with Crippen LogP contribution in [0, 0.1) is 12.8 Å². The number of hydrogen-bond acceptors (Lipinski definition) is 6. The first-order valence-electron chi connectivity index (χ1n) is 10.4. The van der Waals surface area contributed by atoms with E-state index in [0.29, 0.717) is 27.5 Å². The zero-order chi connectivity index (χ0) is 23.7. The van der Waals surface area contributed by atoms with Gasteiger partial charge < -0.3 is 10.4 Å². The lowest BCUT2D eigenvalue weighted by molar-refractivity contribution is -0.142. The molecule has 0 aliphatic rings. The summed E-state index contributed by atoms with van der Waals surface area (Å²) in [4.78, 5) is 37.1. The molecule has 2 aromatic carbocycles. The van der Waals surface area contributed by atoms with E-state index in [-0.39, 0.29) is 17.2 Å². The molecule has 0 aliphatic heterocycles. The molecule has 2 N–H and O–H groups in total. The lowest BCUT2D eigenvalue weighted by Gasteiger charge is -2.17. The van der Waals surface area contributed by atoms with Crippen LogP contribution in [0.2, 0.25) is 0 Å². The highest BCUT2D eigenvalue weighted by Gasteiger charge is 2.24. The highest BCUT2D eigenvalue weighted by Crippen LogP contribution is 2.23. The van der Waals surface area contributed by atoms with E-state index in [2.05, 4.69) is 15.5 Å². The molecule has 2 aromatic heterocycles. The van der Waals surface area contributed by atoms with Crippen molar-refractivity contribution in [1.29, 1.82) is 0 Å². The van der Waals surface area contributed by atoms with Crippen LogP contribution in [0.3, 0.4) is 0 Å². The molecule has 0 saturated heterocycles. The normalized spacial score (nSPS) is 12.4. The Bertz CT molecular complexity index is 1410. The van der Waals surface area contributed by atoms with Crippen LogP contribution >= 0.6 is 11.8 Å². The van der Waals surface area contributed by atoms with Gasteiger partial charge in [0.15, 0.2) is 5.16 Å². The van der Waals surface area contributed by atoms with E-state index in [9.17, 15) is 19.5 Å². The highest BCUT2D eigenvalue weighted by atomic mass is 32.2. The summed E-state index contributed by atoms with van der Waals surface area (Å²) in [5.74, 6) is -1.47. The van der Waals surface area contributed by atoms with Crippen molar-refractivity contribution in [3.05, 3.63) is 64.4 Å². The average Bonchev–Trinajstić information content (AvgIpc) is 3.20. The molecule has 0 aliphatic carbocycles. The zero-order valence-electron chi connectivity index (χ0n) is 18.3. The maximum atomic E-state index is 13.3. The van der Waals surface area contributed by atoms with Gasteiger partial charge in [-0.05, 0) is 37.1 Å². The number of carboxylic acids is 1. The number of thioether (sulfide) groups is 1. The Hall–Kier alpha value is -3.66. The van der Waals surface area contributed by atoms with Crippen molar-refractivity contribution in [3.63, 3.8) is 0 Å². The van der Waals surface area contributed by atoms with Gasteiger partial charge in [-0.15, -0.1) is 10.2 Å². The summed E-state index contributed by atoms with van der Waals surface area (Å²) >= 11 is 1.13. The molecule has 0 saturated carbocycles. The molecule has 170 valence electrons. The number of amides is 1. The van der Waals surface area contributed by atoms with E-state index in [1.54, 1.807) is 36.4 Å². The van der Waals surface area contributed by atoms with Gasteiger partial charge in [-0.1, -0.05) is 55.4 Å². The smallest absolute Gasteiger partial charge is 0.326 e. The summed E-state index contributed by atoms with van der Waals surface area (Å²) in [5.41, 5.74) is 2.13. The Balaban J connectivity index is 1.75. The minimum Gasteiger partial charge on any atom is -0.480 e. The molecule has 1 atom stereocenters. The number of para-hydroxylation sites is 1. The number of rotatable bonds is 7. The van der Waals surface area contributed by atoms with E-state index in [0.717, 1.165) is 17.3 Å². The van der Waals surface area contributed by atoms with Crippen LogP contribution in [-0.4, -0.2) is 47.9 Å². The van der Waals surface area contributed by atoms with Crippen molar-refractivity contribution in [2.75, 3.05) is 5.75 Å². The summed E-state index contributed by atoms with van der Waals surface area (Å²) in [6.07, 6.45) is 0. The molecule has 1 amide bonds. The molecule has 0 radical (unpaired) electrons. The van der Waals surface area contributed by atoms with Gasteiger partial charge in [0.05, 0.1) is 22.3 Å². The van der Waals surface area contributed by atoms with Gasteiger partial charge in [0.2, 0.25) is 11.7 Å². The molecule has 0 bridgehead atoms. The van der Waals surface area contributed by atoms with Crippen molar-refractivity contribution in [2.45, 2.75) is 32.0 Å². The van der Waals surface area contributed by atoms with E-state index in [1.165, 1.54) is 4.57 Å². The largest absolute Gasteiger partial charge is 0.480 e. The van der Waals surface area contributed by atoms with Gasteiger partial charge in [-0.25, -0.2) is 9.36 Å². The molecular formula is C23H23N5O4S. The van der Waals surface area contributed by atoms with Gasteiger partial charge in [0.1, 0.15) is 6.04 Å². The van der Waals surface area contributed by atoms with E-state index < -0.39 is 17.9 Å². The first kappa shape index (κ1) is 22.5. The molecule has 0 fully saturated rings. The molecule has 4 aromatic rings. The summed E-state index contributed by atoms with van der Waals surface area (Å²) < 4.78 is 3.24. The standard InChI is InChI=1S/C23H23N5O4S/c1-13(2)19(21(31)32)24-18(29)12-33-23-26-25-22-27(15-10-8-14(3)9-11-15)20(30)16-6-4-5-7-17(16)28(22)23/h4-11,13,19H,12H2,1-3H3,(H,24,29)(H,31,32). The Labute approximate surface area is 193 Å². The van der Waals surface area contributed by atoms with Gasteiger partial charge in [-0.2, -0.15) is 0 Å². The van der Waals surface area contributed by atoms with Gasteiger partial charge in [0.25, 0.3) is 5.56 Å². The second-order valence-electron chi connectivity index (χ2n) is 8.03. The third-order valence-electron chi connectivity index (χ3n) is 5.27. The number of hydrogen-bond donors (Lipinski definition) is 2. The Morgan fingerprint density at radius 2 is 1.79 bits per heavy atom. The van der Waals surface area contributed by atoms with E-state index in [1.807, 2.05) is 37.3 Å². The van der Waals surface area contributed by atoms with Gasteiger partial charge in [0, 0.05) is 0 Å². The number of carboxylic acid groups (broad SMARTS) is 1. The van der Waals surface area contributed by atoms with E-state index in [4.69, 9.17) is 0 Å². The number of nitrogens with one attached hydrogen (secondary N) is 1. The third kappa shape index (κ3) is 4.34. The molecule has 33 heavy (non-hydrogen) atoms. The molecule has 10 heteroatoms. The first-order chi connectivity index (χ1) is 15.8. The number of carbonyl (C=O) groups excluding carboxylic acids is 1. The number of benzene rings is 2. The fraction of sp³-hybridized carbons (Fsp3) is 0.261. The molecular weight excluding hydrogens is 442 g/mol. The lowest BCUT2D eigenvalue weighted by atomic mass is 10.1. The number of fused-ring (bicyclic) bond motifs is 3. The van der Waals surface area contributed by atoms with Crippen LogP contribution in [0.25, 0.3) is 22.4 Å². The third-order valence-corrected chi connectivity index (χ3v) is 6.20. The number of aryl methyl sites for hydroxylation is 1. The quantitative estimate of drug-likeness (QED) is 0.403. The zero-order valence-corrected chi connectivity index (χ0v) is 19.2. The van der Waals surface area contributed by atoms with Crippen LogP contribution in [0.1, 0.15) is 19.4 Å². The number of nitrogens with zero attached hydrogens (tertiary/aromatic N) is 4. The van der Waals surface area contributed by atoms with Crippen LogP contribution in [0.15, 0.2) is 58.5 Å². The second kappa shape index (κ2) is 9.07. The summed E-state index contributed by atoms with van der Waals surface area (Å²) in [5, 5.41) is 21.2. The fourth-order valence-corrected chi connectivity index (χ4v) is 4.31. The monoisotopic (exact) mass is 465 g/mol. The number of aromatic nitrogens is 4. The lowest BCUT2D eigenvalue weighted by Crippen LogP contribution is -2.45. The minimum atomic E-state index is -1.08. The van der Waals surface area contributed by atoms with Crippen molar-refractivity contribution >= 4 is 40.3 Å². The molecule has 2 heterocycles. The molecule has 9 nitrogen and oxygen atoms in total.